The number of fused-ring (bicyclic) bond motifs is 2. The number of nitrogens with one attached hydrogen (secondary N) is 5. The molecule has 1 aliphatic heterocycles. The average Bonchev–Trinajstić information content (AvgIpc) is 3.68. The molecule has 5 aromatic rings. The summed E-state index contributed by atoms with van der Waals surface area (Å²) in [7, 11) is 0. The highest BCUT2D eigenvalue weighted by Gasteiger charge is 2.27. The van der Waals surface area contributed by atoms with Gasteiger partial charge in [0.2, 0.25) is 0 Å². The standard InChI is InChI=1S/C35H33N5O4/c1-19-28(38-21(3)32(19)33(36)37-18-29(41)31-16-23-11-7-8-12-30(23)44-31)17-26-25-15-24(13-14-27(25)40-35(26)43)34(42)39-20(2)22-9-5-4-6-10-22/h4-17,20,29,38,41H,18H2,1-3H3,(H2,36,37)(H,39,42)(H,40,43)/b26-17-/t20-,29?/m1/s1. The highest BCUT2D eigenvalue weighted by molar-refractivity contribution is 6.35. The zero-order valence-corrected chi connectivity index (χ0v) is 24.6. The number of hydrogen-bond donors (Lipinski definition) is 6. The average molecular weight is 588 g/mol. The Morgan fingerprint density at radius 3 is 2.57 bits per heavy atom. The molecule has 9 heteroatoms. The number of hydrogen-bond acceptors (Lipinski definition) is 5. The number of para-hydroxylation sites is 1. The number of benzene rings is 3. The number of aromatic nitrogens is 1. The van der Waals surface area contributed by atoms with Gasteiger partial charge in [0.25, 0.3) is 11.8 Å². The van der Waals surface area contributed by atoms with E-state index in [1.54, 1.807) is 30.3 Å². The van der Waals surface area contributed by atoms with E-state index in [0.29, 0.717) is 45.0 Å². The van der Waals surface area contributed by atoms with Gasteiger partial charge in [-0.1, -0.05) is 48.5 Å². The van der Waals surface area contributed by atoms with Crippen molar-refractivity contribution in [2.24, 2.45) is 0 Å². The fourth-order valence-corrected chi connectivity index (χ4v) is 5.57. The number of amides is 2. The van der Waals surface area contributed by atoms with E-state index in [1.165, 1.54) is 0 Å². The number of rotatable bonds is 8. The van der Waals surface area contributed by atoms with Crippen molar-refractivity contribution in [1.82, 2.24) is 15.6 Å². The van der Waals surface area contributed by atoms with Crippen LogP contribution in [0.1, 0.15) is 68.8 Å². The summed E-state index contributed by atoms with van der Waals surface area (Å²) in [6.07, 6.45) is 0.808. The molecule has 6 N–H and O–H groups in total. The first-order chi connectivity index (χ1) is 21.2. The Morgan fingerprint density at radius 2 is 1.80 bits per heavy atom. The van der Waals surface area contributed by atoms with Crippen LogP contribution in [0.3, 0.4) is 0 Å². The lowest BCUT2D eigenvalue weighted by atomic mass is 10.0. The lowest BCUT2D eigenvalue weighted by Crippen LogP contribution is -2.29. The van der Waals surface area contributed by atoms with Crippen molar-refractivity contribution in [3.8, 4) is 0 Å². The zero-order chi connectivity index (χ0) is 31.0. The zero-order valence-electron chi connectivity index (χ0n) is 24.6. The lowest BCUT2D eigenvalue weighted by Gasteiger charge is -2.14. The number of aliphatic hydroxyl groups excluding tert-OH is 1. The number of anilines is 1. The molecule has 3 heterocycles. The topological polar surface area (TPSA) is 143 Å². The minimum atomic E-state index is -0.940. The second-order valence-corrected chi connectivity index (χ2v) is 11.0. The summed E-state index contributed by atoms with van der Waals surface area (Å²) in [5.74, 6) is 0.0544. The van der Waals surface area contributed by atoms with Crippen LogP contribution in [0.5, 0.6) is 0 Å². The van der Waals surface area contributed by atoms with Gasteiger partial charge in [-0.2, -0.15) is 0 Å². The number of aryl methyl sites for hydroxylation is 1. The summed E-state index contributed by atoms with van der Waals surface area (Å²) in [6.45, 7) is 5.74. The number of aliphatic hydroxyl groups is 1. The fraction of sp³-hybridized carbons (Fsp3) is 0.171. The normalized spacial score (nSPS) is 14.7. The molecular weight excluding hydrogens is 554 g/mol. The fourth-order valence-electron chi connectivity index (χ4n) is 5.57. The number of amidine groups is 1. The molecular formula is C35H33N5O4. The van der Waals surface area contributed by atoms with E-state index in [1.807, 2.05) is 75.4 Å². The number of carbonyl (C=O) groups is 2. The molecule has 2 atom stereocenters. The third kappa shape index (κ3) is 5.52. The van der Waals surface area contributed by atoms with E-state index >= 15 is 0 Å². The monoisotopic (exact) mass is 587 g/mol. The number of aromatic amines is 1. The van der Waals surface area contributed by atoms with Gasteiger partial charge in [-0.3, -0.25) is 15.0 Å². The van der Waals surface area contributed by atoms with Gasteiger partial charge in [-0.15, -0.1) is 0 Å². The molecule has 9 nitrogen and oxygen atoms in total. The summed E-state index contributed by atoms with van der Waals surface area (Å²) in [6, 6.07) is 24.0. The van der Waals surface area contributed by atoms with Gasteiger partial charge < -0.3 is 30.5 Å². The first-order valence-electron chi connectivity index (χ1n) is 14.4. The summed E-state index contributed by atoms with van der Waals surface area (Å²) < 4.78 is 5.76. The van der Waals surface area contributed by atoms with E-state index in [2.05, 4.69) is 20.9 Å². The van der Waals surface area contributed by atoms with Gasteiger partial charge in [0, 0.05) is 45.7 Å². The molecule has 0 saturated carbocycles. The van der Waals surface area contributed by atoms with Crippen molar-refractivity contribution in [2.75, 3.05) is 11.9 Å². The molecule has 44 heavy (non-hydrogen) atoms. The summed E-state index contributed by atoms with van der Waals surface area (Å²) in [5, 5.41) is 29.2. The third-order valence-corrected chi connectivity index (χ3v) is 7.97. The highest BCUT2D eigenvalue weighted by Crippen LogP contribution is 2.35. The molecule has 1 unspecified atom stereocenters. The Labute approximate surface area is 254 Å². The van der Waals surface area contributed by atoms with E-state index in [-0.39, 0.29) is 30.2 Å². The van der Waals surface area contributed by atoms with Gasteiger partial charge >= 0.3 is 0 Å². The van der Waals surface area contributed by atoms with E-state index in [9.17, 15) is 14.7 Å². The quantitative estimate of drug-likeness (QED) is 0.0749. The second kappa shape index (κ2) is 11.7. The molecule has 222 valence electrons. The van der Waals surface area contributed by atoms with Crippen molar-refractivity contribution in [1.29, 1.82) is 5.41 Å². The largest absolute Gasteiger partial charge is 0.458 e. The van der Waals surface area contributed by atoms with Crippen molar-refractivity contribution in [2.45, 2.75) is 32.9 Å². The number of H-pyrrole nitrogens is 1. The van der Waals surface area contributed by atoms with Gasteiger partial charge in [-0.25, -0.2) is 0 Å². The molecule has 0 radical (unpaired) electrons. The van der Waals surface area contributed by atoms with Crippen LogP contribution in [-0.4, -0.2) is 34.3 Å². The Hall–Kier alpha value is -5.41. The second-order valence-electron chi connectivity index (χ2n) is 11.0. The Kier molecular flexibility index (Phi) is 7.63. The predicted octanol–water partition coefficient (Wildman–Crippen LogP) is 6.01. The molecule has 3 aromatic carbocycles. The highest BCUT2D eigenvalue weighted by atomic mass is 16.4. The third-order valence-electron chi connectivity index (χ3n) is 7.97. The van der Waals surface area contributed by atoms with E-state index in [4.69, 9.17) is 9.83 Å². The Morgan fingerprint density at radius 1 is 1.05 bits per heavy atom. The minimum Gasteiger partial charge on any atom is -0.458 e. The van der Waals surface area contributed by atoms with Crippen LogP contribution in [0, 0.1) is 19.3 Å². The first-order valence-corrected chi connectivity index (χ1v) is 14.4. The van der Waals surface area contributed by atoms with E-state index in [0.717, 1.165) is 22.2 Å². The SMILES string of the molecule is Cc1[nH]c(/C=C2\C(=O)Nc3ccc(C(=O)N[C@H](C)c4ccccc4)cc32)c(C)c1C(=N)NCC(O)c1cc2ccccc2o1. The lowest BCUT2D eigenvalue weighted by molar-refractivity contribution is -0.110. The van der Waals surface area contributed by atoms with Gasteiger partial charge in [-0.05, 0) is 68.3 Å². The molecule has 0 aliphatic carbocycles. The van der Waals surface area contributed by atoms with Crippen LogP contribution in [-0.2, 0) is 4.79 Å². The Bertz CT molecular complexity index is 1900. The molecule has 2 aromatic heterocycles. The number of furan rings is 1. The molecule has 0 saturated heterocycles. The molecule has 2 amide bonds. The van der Waals surface area contributed by atoms with Crippen molar-refractivity contribution in [3.05, 3.63) is 124 Å². The maximum atomic E-state index is 13.1. The maximum Gasteiger partial charge on any atom is 0.256 e. The van der Waals surface area contributed by atoms with Crippen LogP contribution in [0.15, 0.2) is 83.3 Å². The summed E-state index contributed by atoms with van der Waals surface area (Å²) in [4.78, 5) is 29.4. The van der Waals surface area contributed by atoms with Gasteiger partial charge in [0.15, 0.2) is 0 Å². The first kappa shape index (κ1) is 28.7. The van der Waals surface area contributed by atoms with Crippen LogP contribution in [0.25, 0.3) is 22.6 Å². The molecule has 1 aliphatic rings. The predicted molar refractivity (Wildman–Crippen MR) is 172 cm³/mol. The molecule has 0 fully saturated rings. The van der Waals surface area contributed by atoms with Crippen molar-refractivity contribution >= 4 is 46.0 Å². The van der Waals surface area contributed by atoms with E-state index < -0.39 is 6.10 Å². The van der Waals surface area contributed by atoms with Crippen LogP contribution in [0.4, 0.5) is 5.69 Å². The van der Waals surface area contributed by atoms with Gasteiger partial charge in [0.1, 0.15) is 23.3 Å². The van der Waals surface area contributed by atoms with Gasteiger partial charge in [0.05, 0.1) is 11.6 Å². The minimum absolute atomic E-state index is 0.0860. The van der Waals surface area contributed by atoms with Crippen molar-refractivity contribution < 1.29 is 19.1 Å². The van der Waals surface area contributed by atoms with Crippen LogP contribution in [0.2, 0.25) is 0 Å². The molecule has 0 bridgehead atoms. The smallest absolute Gasteiger partial charge is 0.256 e. The summed E-state index contributed by atoms with van der Waals surface area (Å²) in [5.41, 5.74) is 6.65. The van der Waals surface area contributed by atoms with Crippen molar-refractivity contribution in [3.63, 3.8) is 0 Å². The number of carbonyl (C=O) groups excluding carboxylic acids is 2. The maximum absolute atomic E-state index is 13.1. The Balaban J connectivity index is 1.19. The van der Waals surface area contributed by atoms with Crippen LogP contribution < -0.4 is 16.0 Å². The molecule has 6 rings (SSSR count). The molecule has 0 spiro atoms. The van der Waals surface area contributed by atoms with Crippen LogP contribution >= 0.6 is 0 Å². The summed E-state index contributed by atoms with van der Waals surface area (Å²) >= 11 is 0.